The first kappa shape index (κ1) is 15.8. The molecule has 3 nitrogen and oxygen atoms in total. The Morgan fingerprint density at radius 2 is 1.65 bits per heavy atom. The molecule has 4 heteroatoms. The fourth-order valence-electron chi connectivity index (χ4n) is 3.05. The van der Waals surface area contributed by atoms with Gasteiger partial charge in [0, 0.05) is 18.7 Å². The summed E-state index contributed by atoms with van der Waals surface area (Å²) < 4.78 is 12.9. The van der Waals surface area contributed by atoms with Crippen LogP contribution in [0.15, 0.2) is 54.6 Å². The highest BCUT2D eigenvalue weighted by Gasteiger charge is 2.34. The third-order valence-electron chi connectivity index (χ3n) is 4.53. The van der Waals surface area contributed by atoms with Gasteiger partial charge in [-0.05, 0) is 42.7 Å². The van der Waals surface area contributed by atoms with E-state index in [0.717, 1.165) is 5.56 Å². The Morgan fingerprint density at radius 1 is 1.04 bits per heavy atom. The lowest BCUT2D eigenvalue weighted by Gasteiger charge is -2.38. The van der Waals surface area contributed by atoms with Gasteiger partial charge in [-0.2, -0.15) is 0 Å². The van der Waals surface area contributed by atoms with Gasteiger partial charge in [-0.1, -0.05) is 30.3 Å². The van der Waals surface area contributed by atoms with Crippen LogP contribution in [-0.4, -0.2) is 35.4 Å². The monoisotopic (exact) mass is 313 g/mol. The molecule has 1 aliphatic heterocycles. The van der Waals surface area contributed by atoms with Crippen LogP contribution in [0.2, 0.25) is 0 Å². The minimum atomic E-state index is -0.809. The fraction of sp³-hybridized carbons (Fsp3) is 0.316. The number of carbonyl (C=O) groups is 1. The molecule has 2 aromatic carbocycles. The lowest BCUT2D eigenvalue weighted by molar-refractivity contribution is -0.0245. The summed E-state index contributed by atoms with van der Waals surface area (Å²) in [6.45, 7) is 1.63. The van der Waals surface area contributed by atoms with Crippen molar-refractivity contribution in [2.45, 2.75) is 18.4 Å². The second-order valence-corrected chi connectivity index (χ2v) is 6.10. The van der Waals surface area contributed by atoms with Crippen molar-refractivity contribution in [3.8, 4) is 0 Å². The number of rotatable bonds is 4. The van der Waals surface area contributed by atoms with E-state index in [2.05, 4.69) is 0 Å². The van der Waals surface area contributed by atoms with Crippen molar-refractivity contribution in [1.29, 1.82) is 0 Å². The Kier molecular flexibility index (Phi) is 4.55. The molecule has 1 saturated heterocycles. The molecule has 1 aliphatic rings. The number of halogens is 1. The molecule has 1 heterocycles. The molecule has 2 aromatic rings. The van der Waals surface area contributed by atoms with Crippen LogP contribution in [0.4, 0.5) is 4.39 Å². The summed E-state index contributed by atoms with van der Waals surface area (Å²) in [4.78, 5) is 14.3. The minimum absolute atomic E-state index is 0.0184. The first-order chi connectivity index (χ1) is 11.1. The van der Waals surface area contributed by atoms with Crippen LogP contribution in [0.25, 0.3) is 0 Å². The molecule has 0 saturated carbocycles. The molecule has 23 heavy (non-hydrogen) atoms. The Bertz CT molecular complexity index is 662. The molecule has 0 bridgehead atoms. The van der Waals surface area contributed by atoms with Gasteiger partial charge in [-0.25, -0.2) is 4.39 Å². The number of carbonyl (C=O) groups excluding carboxylic acids is 1. The van der Waals surface area contributed by atoms with E-state index in [4.69, 9.17) is 0 Å². The highest BCUT2D eigenvalue weighted by Crippen LogP contribution is 2.32. The van der Waals surface area contributed by atoms with Crippen molar-refractivity contribution in [2.75, 3.05) is 19.6 Å². The quantitative estimate of drug-likeness (QED) is 0.882. The maximum atomic E-state index is 12.9. The maximum Gasteiger partial charge on any atom is 0.176 e. The Balaban J connectivity index is 1.59. The van der Waals surface area contributed by atoms with Gasteiger partial charge in [0.05, 0.1) is 12.1 Å². The topological polar surface area (TPSA) is 40.5 Å². The number of Topliss-reactive ketones (excluding diaryl/α,β-unsaturated/α-hetero) is 1. The number of aliphatic hydroxyl groups is 1. The molecule has 0 aromatic heterocycles. The summed E-state index contributed by atoms with van der Waals surface area (Å²) in [5.74, 6) is -0.359. The van der Waals surface area contributed by atoms with Gasteiger partial charge >= 0.3 is 0 Å². The average Bonchev–Trinajstić information content (AvgIpc) is 2.58. The number of hydrogen-bond donors (Lipinski definition) is 1. The second kappa shape index (κ2) is 6.60. The molecule has 3 rings (SSSR count). The minimum Gasteiger partial charge on any atom is -0.385 e. The van der Waals surface area contributed by atoms with E-state index in [-0.39, 0.29) is 11.6 Å². The number of ketones is 1. The number of likely N-dealkylation sites (tertiary alicyclic amines) is 1. The lowest BCUT2D eigenvalue weighted by atomic mass is 9.84. The fourth-order valence-corrected chi connectivity index (χ4v) is 3.05. The first-order valence-electron chi connectivity index (χ1n) is 7.86. The third kappa shape index (κ3) is 3.66. The van der Waals surface area contributed by atoms with Crippen LogP contribution in [0.1, 0.15) is 28.8 Å². The highest BCUT2D eigenvalue weighted by molar-refractivity contribution is 5.97. The molecule has 0 unspecified atom stereocenters. The van der Waals surface area contributed by atoms with Gasteiger partial charge in [0.15, 0.2) is 5.78 Å². The zero-order valence-corrected chi connectivity index (χ0v) is 12.9. The van der Waals surface area contributed by atoms with Crippen LogP contribution in [0, 0.1) is 5.82 Å². The zero-order chi connectivity index (χ0) is 16.3. The maximum absolute atomic E-state index is 12.9. The van der Waals surface area contributed by atoms with Crippen LogP contribution >= 0.6 is 0 Å². The van der Waals surface area contributed by atoms with Gasteiger partial charge in [-0.15, -0.1) is 0 Å². The van der Waals surface area contributed by atoms with Gasteiger partial charge in [0.1, 0.15) is 5.82 Å². The van der Waals surface area contributed by atoms with Crippen molar-refractivity contribution >= 4 is 5.78 Å². The smallest absolute Gasteiger partial charge is 0.176 e. The van der Waals surface area contributed by atoms with E-state index in [1.165, 1.54) is 24.3 Å². The Labute approximate surface area is 135 Å². The molecule has 0 aliphatic carbocycles. The van der Waals surface area contributed by atoms with Crippen LogP contribution in [0.5, 0.6) is 0 Å². The standard InChI is InChI=1S/C19H20FNO2/c20-17-8-6-15(7-9-17)18(22)14-21-12-10-19(23,11-13-21)16-4-2-1-3-5-16/h1-9,23H,10-14H2. The molecule has 1 N–H and O–H groups in total. The highest BCUT2D eigenvalue weighted by atomic mass is 19.1. The molecule has 0 spiro atoms. The molecular formula is C19H20FNO2. The van der Waals surface area contributed by atoms with E-state index in [9.17, 15) is 14.3 Å². The van der Waals surface area contributed by atoms with Gasteiger partial charge in [0.2, 0.25) is 0 Å². The molecule has 0 amide bonds. The molecule has 0 atom stereocenters. The predicted octanol–water partition coefficient (Wildman–Crippen LogP) is 2.99. The van der Waals surface area contributed by atoms with Gasteiger partial charge in [0.25, 0.3) is 0 Å². The molecule has 0 radical (unpaired) electrons. The summed E-state index contributed by atoms with van der Waals surface area (Å²) in [6, 6.07) is 15.3. The van der Waals surface area contributed by atoms with Crippen molar-refractivity contribution in [3.63, 3.8) is 0 Å². The number of nitrogens with zero attached hydrogens (tertiary/aromatic N) is 1. The molecular weight excluding hydrogens is 293 g/mol. The Hall–Kier alpha value is -2.04. The van der Waals surface area contributed by atoms with E-state index in [1.54, 1.807) is 0 Å². The van der Waals surface area contributed by atoms with Crippen LogP contribution in [0.3, 0.4) is 0 Å². The summed E-state index contributed by atoms with van der Waals surface area (Å²) in [6.07, 6.45) is 1.21. The SMILES string of the molecule is O=C(CN1CCC(O)(c2ccccc2)CC1)c1ccc(F)cc1. The zero-order valence-electron chi connectivity index (χ0n) is 12.9. The van der Waals surface area contributed by atoms with Crippen LogP contribution < -0.4 is 0 Å². The first-order valence-corrected chi connectivity index (χ1v) is 7.86. The Morgan fingerprint density at radius 3 is 2.26 bits per heavy atom. The van der Waals surface area contributed by atoms with Crippen molar-refractivity contribution in [2.24, 2.45) is 0 Å². The summed E-state index contributed by atoms with van der Waals surface area (Å²) in [7, 11) is 0. The summed E-state index contributed by atoms with van der Waals surface area (Å²) in [5.41, 5.74) is 0.649. The number of hydrogen-bond acceptors (Lipinski definition) is 3. The molecule has 1 fully saturated rings. The van der Waals surface area contributed by atoms with Crippen LogP contribution in [-0.2, 0) is 5.60 Å². The van der Waals surface area contributed by atoms with Crippen molar-refractivity contribution in [1.82, 2.24) is 4.90 Å². The molecule has 120 valence electrons. The second-order valence-electron chi connectivity index (χ2n) is 6.10. The lowest BCUT2D eigenvalue weighted by Crippen LogP contribution is -2.44. The van der Waals surface area contributed by atoms with Crippen molar-refractivity contribution in [3.05, 3.63) is 71.5 Å². The van der Waals surface area contributed by atoms with Gasteiger partial charge in [-0.3, -0.25) is 9.69 Å². The average molecular weight is 313 g/mol. The third-order valence-corrected chi connectivity index (χ3v) is 4.53. The van der Waals surface area contributed by atoms with E-state index >= 15 is 0 Å². The van der Waals surface area contributed by atoms with Crippen molar-refractivity contribution < 1.29 is 14.3 Å². The van der Waals surface area contributed by atoms with Gasteiger partial charge < -0.3 is 5.11 Å². The normalized spacial score (nSPS) is 17.8. The number of benzene rings is 2. The summed E-state index contributed by atoms with van der Waals surface area (Å²) >= 11 is 0. The number of piperidine rings is 1. The van der Waals surface area contributed by atoms with E-state index in [0.29, 0.717) is 38.0 Å². The van der Waals surface area contributed by atoms with E-state index in [1.807, 2.05) is 35.2 Å². The summed E-state index contributed by atoms with van der Waals surface area (Å²) in [5, 5.41) is 10.8. The largest absolute Gasteiger partial charge is 0.385 e. The van der Waals surface area contributed by atoms with E-state index < -0.39 is 5.60 Å². The predicted molar refractivity (Wildman–Crippen MR) is 86.7 cm³/mol.